The van der Waals surface area contributed by atoms with Crippen LogP contribution >= 0.6 is 24.0 Å². The average Bonchev–Trinajstić information content (AvgIpc) is 2.83. The van der Waals surface area contributed by atoms with Gasteiger partial charge in [-0.25, -0.2) is 4.79 Å². The highest BCUT2D eigenvalue weighted by Crippen LogP contribution is 2.37. The molecule has 0 spiro atoms. The highest BCUT2D eigenvalue weighted by Gasteiger charge is 2.33. The number of nitrogens with zero attached hydrogens (tertiary/aromatic N) is 2. The maximum absolute atomic E-state index is 12.6. The molecule has 0 aliphatic carbocycles. The van der Waals surface area contributed by atoms with E-state index in [1.165, 1.54) is 23.1 Å². The number of rotatable bonds is 3. The largest absolute Gasteiger partial charge is 0.507 e. The number of amides is 1. The van der Waals surface area contributed by atoms with E-state index in [-0.39, 0.29) is 17.2 Å². The van der Waals surface area contributed by atoms with Crippen LogP contribution in [0.4, 0.5) is 5.69 Å². The van der Waals surface area contributed by atoms with E-state index in [0.29, 0.717) is 14.9 Å². The fraction of sp³-hybridized carbons (Fsp3) is 0. The molecule has 2 aromatic rings. The number of hydrogen-bond acceptors (Lipinski definition) is 6. The van der Waals surface area contributed by atoms with Crippen molar-refractivity contribution >= 4 is 51.9 Å². The van der Waals surface area contributed by atoms with Gasteiger partial charge in [0.15, 0.2) is 4.32 Å². The molecule has 0 bridgehead atoms. The maximum atomic E-state index is 12.6. The zero-order valence-corrected chi connectivity index (χ0v) is 13.7. The number of aromatic nitrogens is 1. The van der Waals surface area contributed by atoms with Crippen LogP contribution in [0, 0.1) is 0 Å². The monoisotopic (exact) mass is 358 g/mol. The first kappa shape index (κ1) is 16.2. The summed E-state index contributed by atoms with van der Waals surface area (Å²) < 4.78 is 0.294. The van der Waals surface area contributed by atoms with E-state index < -0.39 is 5.97 Å². The molecule has 0 saturated carbocycles. The average molecular weight is 358 g/mol. The Balaban J connectivity index is 1.97. The summed E-state index contributed by atoms with van der Waals surface area (Å²) in [6.45, 7) is 0. The zero-order valence-electron chi connectivity index (χ0n) is 12.0. The summed E-state index contributed by atoms with van der Waals surface area (Å²) in [5.41, 5.74) is 0.813. The Labute approximate surface area is 146 Å². The van der Waals surface area contributed by atoms with Gasteiger partial charge in [-0.05, 0) is 42.0 Å². The molecule has 1 amide bonds. The number of phenols is 1. The summed E-state index contributed by atoms with van der Waals surface area (Å²) >= 11 is 6.37. The Hall–Kier alpha value is -2.71. The molecule has 8 heteroatoms. The van der Waals surface area contributed by atoms with Crippen molar-refractivity contribution in [3.8, 4) is 5.75 Å². The van der Waals surface area contributed by atoms with Crippen molar-refractivity contribution in [3.63, 3.8) is 0 Å². The first-order valence-corrected chi connectivity index (χ1v) is 7.94. The fourth-order valence-electron chi connectivity index (χ4n) is 2.14. The van der Waals surface area contributed by atoms with Crippen molar-refractivity contribution in [2.75, 3.05) is 4.90 Å². The fourth-order valence-corrected chi connectivity index (χ4v) is 3.43. The normalized spacial score (nSPS) is 16.0. The Morgan fingerprint density at radius 3 is 2.62 bits per heavy atom. The van der Waals surface area contributed by atoms with Crippen LogP contribution in [0.1, 0.15) is 15.9 Å². The van der Waals surface area contributed by atoms with Gasteiger partial charge in [0.1, 0.15) is 11.3 Å². The van der Waals surface area contributed by atoms with Gasteiger partial charge in [-0.15, -0.1) is 0 Å². The SMILES string of the molecule is O=C(O)c1cc(N2C(=O)/C(=C/c3ccncc3)SC2=S)ccc1O. The molecule has 0 radical (unpaired) electrons. The quantitative estimate of drug-likeness (QED) is 0.644. The standard InChI is InChI=1S/C16H10N2O4S2/c19-12-2-1-10(8-11(12)15(21)22)18-14(20)13(24-16(18)23)7-9-3-5-17-6-4-9/h1-8,19H,(H,21,22)/b13-7-. The number of carboxylic acids is 1. The third-order valence-electron chi connectivity index (χ3n) is 3.27. The van der Waals surface area contributed by atoms with Crippen molar-refractivity contribution < 1.29 is 19.8 Å². The lowest BCUT2D eigenvalue weighted by Gasteiger charge is -2.15. The number of thioether (sulfide) groups is 1. The van der Waals surface area contributed by atoms with Crippen molar-refractivity contribution in [2.45, 2.75) is 0 Å². The van der Waals surface area contributed by atoms with Crippen LogP contribution in [0.3, 0.4) is 0 Å². The van der Waals surface area contributed by atoms with Crippen LogP contribution in [-0.4, -0.2) is 31.4 Å². The Morgan fingerprint density at radius 1 is 1.25 bits per heavy atom. The second kappa shape index (κ2) is 6.42. The summed E-state index contributed by atoms with van der Waals surface area (Å²) in [5.74, 6) is -2.00. The first-order chi connectivity index (χ1) is 11.5. The van der Waals surface area contributed by atoms with Crippen LogP contribution in [0.25, 0.3) is 6.08 Å². The minimum absolute atomic E-state index is 0.292. The van der Waals surface area contributed by atoms with E-state index in [0.717, 1.165) is 17.3 Å². The molecule has 1 aliphatic rings. The van der Waals surface area contributed by atoms with Gasteiger partial charge in [0.25, 0.3) is 5.91 Å². The third kappa shape index (κ3) is 3.01. The van der Waals surface area contributed by atoms with Crippen molar-refractivity contribution in [2.24, 2.45) is 0 Å². The molecule has 3 rings (SSSR count). The molecule has 2 N–H and O–H groups in total. The van der Waals surface area contributed by atoms with Crippen molar-refractivity contribution in [1.82, 2.24) is 4.98 Å². The third-order valence-corrected chi connectivity index (χ3v) is 4.57. The Morgan fingerprint density at radius 2 is 1.96 bits per heavy atom. The van der Waals surface area contributed by atoms with Gasteiger partial charge in [0, 0.05) is 12.4 Å². The summed E-state index contributed by atoms with van der Waals surface area (Å²) in [5, 5.41) is 18.7. The predicted molar refractivity (Wildman–Crippen MR) is 95.0 cm³/mol. The van der Waals surface area contributed by atoms with E-state index in [1.54, 1.807) is 30.6 Å². The molecular formula is C16H10N2O4S2. The van der Waals surface area contributed by atoms with Gasteiger partial charge < -0.3 is 10.2 Å². The topological polar surface area (TPSA) is 90.7 Å². The van der Waals surface area contributed by atoms with E-state index >= 15 is 0 Å². The predicted octanol–water partition coefficient (Wildman–Crippen LogP) is 2.89. The summed E-state index contributed by atoms with van der Waals surface area (Å²) in [6.07, 6.45) is 4.93. The molecule has 0 unspecified atom stereocenters. The molecule has 2 heterocycles. The number of thiocarbonyl (C=S) groups is 1. The van der Waals surface area contributed by atoms with Gasteiger partial charge in [-0.3, -0.25) is 14.7 Å². The molecule has 0 atom stereocenters. The lowest BCUT2D eigenvalue weighted by Crippen LogP contribution is -2.27. The van der Waals surface area contributed by atoms with Gasteiger partial charge in [0.05, 0.1) is 10.6 Å². The van der Waals surface area contributed by atoms with Gasteiger partial charge in [-0.1, -0.05) is 24.0 Å². The van der Waals surface area contributed by atoms with Crippen molar-refractivity contribution in [1.29, 1.82) is 0 Å². The van der Waals surface area contributed by atoms with Crippen LogP contribution in [0.5, 0.6) is 5.75 Å². The molecule has 1 aromatic heterocycles. The van der Waals surface area contributed by atoms with E-state index in [1.807, 2.05) is 0 Å². The highest BCUT2D eigenvalue weighted by atomic mass is 32.2. The smallest absolute Gasteiger partial charge is 0.339 e. The van der Waals surface area contributed by atoms with Crippen LogP contribution < -0.4 is 4.90 Å². The second-order valence-electron chi connectivity index (χ2n) is 4.80. The number of aromatic carboxylic acids is 1. The van der Waals surface area contributed by atoms with Gasteiger partial charge in [0.2, 0.25) is 0 Å². The first-order valence-electron chi connectivity index (χ1n) is 6.71. The molecular weight excluding hydrogens is 348 g/mol. The number of benzene rings is 1. The zero-order chi connectivity index (χ0) is 17.3. The number of carbonyl (C=O) groups is 2. The van der Waals surface area contributed by atoms with Crippen LogP contribution in [0.15, 0.2) is 47.6 Å². The number of carboxylic acid groups (broad SMARTS) is 1. The molecule has 24 heavy (non-hydrogen) atoms. The lowest BCUT2D eigenvalue weighted by atomic mass is 10.1. The van der Waals surface area contributed by atoms with Crippen LogP contribution in [0.2, 0.25) is 0 Å². The summed E-state index contributed by atoms with van der Waals surface area (Å²) in [7, 11) is 0. The minimum atomic E-state index is -1.29. The van der Waals surface area contributed by atoms with E-state index in [2.05, 4.69) is 4.98 Å². The molecule has 120 valence electrons. The molecule has 1 aromatic carbocycles. The van der Waals surface area contributed by atoms with E-state index in [4.69, 9.17) is 17.3 Å². The summed E-state index contributed by atoms with van der Waals surface area (Å²) in [6, 6.07) is 7.41. The number of aromatic hydroxyl groups is 1. The molecule has 1 saturated heterocycles. The van der Waals surface area contributed by atoms with Crippen molar-refractivity contribution in [3.05, 3.63) is 58.8 Å². The Kier molecular flexibility index (Phi) is 4.32. The molecule has 1 aliphatic heterocycles. The number of pyridine rings is 1. The lowest BCUT2D eigenvalue weighted by molar-refractivity contribution is -0.113. The maximum Gasteiger partial charge on any atom is 0.339 e. The second-order valence-corrected chi connectivity index (χ2v) is 6.48. The Bertz CT molecular complexity index is 881. The van der Waals surface area contributed by atoms with Gasteiger partial charge >= 0.3 is 5.97 Å². The number of carbonyl (C=O) groups excluding carboxylic acids is 1. The minimum Gasteiger partial charge on any atom is -0.507 e. The summed E-state index contributed by atoms with van der Waals surface area (Å²) in [4.78, 5) is 29.3. The van der Waals surface area contributed by atoms with E-state index in [9.17, 15) is 14.7 Å². The van der Waals surface area contributed by atoms with Gasteiger partial charge in [-0.2, -0.15) is 0 Å². The highest BCUT2D eigenvalue weighted by molar-refractivity contribution is 8.27. The number of hydrogen-bond donors (Lipinski definition) is 2. The molecule has 6 nitrogen and oxygen atoms in total. The van der Waals surface area contributed by atoms with Crippen LogP contribution in [-0.2, 0) is 4.79 Å². The molecule has 1 fully saturated rings. The number of anilines is 1.